The third kappa shape index (κ3) is 3.75. The van der Waals surface area contributed by atoms with Crippen molar-refractivity contribution in [3.63, 3.8) is 0 Å². The summed E-state index contributed by atoms with van der Waals surface area (Å²) in [7, 11) is 0. The van der Waals surface area contributed by atoms with Gasteiger partial charge >= 0.3 is 0 Å². The van der Waals surface area contributed by atoms with Gasteiger partial charge in [-0.2, -0.15) is 0 Å². The number of nitrogens with one attached hydrogen (secondary N) is 1. The predicted octanol–water partition coefficient (Wildman–Crippen LogP) is 2.64. The molecule has 1 heterocycles. The predicted molar refractivity (Wildman–Crippen MR) is 64.6 cm³/mol. The van der Waals surface area contributed by atoms with Gasteiger partial charge in [0.05, 0.1) is 5.69 Å². The molecule has 19 heavy (non-hydrogen) atoms. The molecular weight excluding hydrogens is 254 g/mol. The molecule has 0 saturated heterocycles. The Kier molecular flexibility index (Phi) is 4.46. The van der Waals surface area contributed by atoms with E-state index in [-0.39, 0.29) is 12.4 Å². The molecule has 0 unspecified atom stereocenters. The summed E-state index contributed by atoms with van der Waals surface area (Å²) < 4.78 is 36.4. The van der Waals surface area contributed by atoms with E-state index in [9.17, 15) is 8.78 Å². The van der Waals surface area contributed by atoms with Crippen molar-refractivity contribution in [1.29, 1.82) is 0 Å². The molecule has 1 N–H and O–H groups in total. The van der Waals surface area contributed by atoms with E-state index in [1.807, 2.05) is 6.92 Å². The van der Waals surface area contributed by atoms with Gasteiger partial charge in [-0.1, -0.05) is 12.1 Å². The fourth-order valence-corrected chi connectivity index (χ4v) is 1.50. The Morgan fingerprint density at radius 1 is 1.32 bits per heavy atom. The van der Waals surface area contributed by atoms with Gasteiger partial charge in [-0.25, -0.2) is 8.78 Å². The molecule has 6 heteroatoms. The molecule has 4 nitrogen and oxygen atoms in total. The minimum atomic E-state index is -0.617. The number of aromatic nitrogens is 1. The lowest BCUT2D eigenvalue weighted by Gasteiger charge is -2.04. The van der Waals surface area contributed by atoms with Crippen LogP contribution in [0.4, 0.5) is 8.78 Å². The van der Waals surface area contributed by atoms with Crippen molar-refractivity contribution in [2.75, 3.05) is 6.54 Å². The average molecular weight is 268 g/mol. The number of benzene rings is 1. The zero-order valence-corrected chi connectivity index (χ0v) is 10.5. The second-order valence-electron chi connectivity index (χ2n) is 3.93. The van der Waals surface area contributed by atoms with Crippen LogP contribution in [-0.4, -0.2) is 11.7 Å². The molecule has 0 bridgehead atoms. The summed E-state index contributed by atoms with van der Waals surface area (Å²) in [5.74, 6) is -0.864. The highest BCUT2D eigenvalue weighted by molar-refractivity contribution is 5.25. The second-order valence-corrected chi connectivity index (χ2v) is 3.93. The summed E-state index contributed by atoms with van der Waals surface area (Å²) in [5, 5.41) is 6.92. The number of nitrogens with zero attached hydrogens (tertiary/aromatic N) is 1. The minimum Gasteiger partial charge on any atom is -0.482 e. The van der Waals surface area contributed by atoms with E-state index in [2.05, 4.69) is 10.5 Å². The number of hydrogen-bond acceptors (Lipinski definition) is 4. The zero-order chi connectivity index (χ0) is 13.7. The molecule has 0 amide bonds. The number of hydrogen-bond donors (Lipinski definition) is 1. The van der Waals surface area contributed by atoms with Crippen molar-refractivity contribution in [2.45, 2.75) is 20.1 Å². The molecule has 0 aliphatic heterocycles. The summed E-state index contributed by atoms with van der Waals surface area (Å²) in [6.45, 7) is 3.40. The van der Waals surface area contributed by atoms with E-state index in [0.717, 1.165) is 30.4 Å². The van der Waals surface area contributed by atoms with E-state index in [0.29, 0.717) is 12.3 Å². The van der Waals surface area contributed by atoms with Crippen LogP contribution in [0.3, 0.4) is 0 Å². The van der Waals surface area contributed by atoms with Crippen molar-refractivity contribution >= 4 is 0 Å². The summed E-state index contributed by atoms with van der Waals surface area (Å²) in [5.41, 5.74) is 0.736. The smallest absolute Gasteiger partial charge is 0.174 e. The quantitative estimate of drug-likeness (QED) is 0.875. The molecule has 0 saturated carbocycles. The molecule has 102 valence electrons. The van der Waals surface area contributed by atoms with Gasteiger partial charge in [-0.05, 0) is 18.7 Å². The summed E-state index contributed by atoms with van der Waals surface area (Å²) >= 11 is 0. The Balaban J connectivity index is 1.94. The topological polar surface area (TPSA) is 47.3 Å². The second kappa shape index (κ2) is 6.29. The molecule has 0 radical (unpaired) electrons. The van der Waals surface area contributed by atoms with Crippen molar-refractivity contribution in [3.8, 4) is 5.75 Å². The van der Waals surface area contributed by atoms with Crippen LogP contribution >= 0.6 is 0 Å². The highest BCUT2D eigenvalue weighted by Gasteiger charge is 2.08. The molecule has 0 spiro atoms. The highest BCUT2D eigenvalue weighted by atomic mass is 19.1. The molecular formula is C13H14F2N2O2. The Labute approximate surface area is 109 Å². The van der Waals surface area contributed by atoms with Crippen molar-refractivity contribution in [2.24, 2.45) is 0 Å². The Hall–Kier alpha value is -1.95. The van der Waals surface area contributed by atoms with Crippen LogP contribution in [0.1, 0.15) is 18.4 Å². The van der Waals surface area contributed by atoms with Crippen molar-refractivity contribution in [3.05, 3.63) is 47.4 Å². The first-order valence-corrected chi connectivity index (χ1v) is 5.92. The number of halogens is 2. The molecule has 2 aromatic rings. The van der Waals surface area contributed by atoms with Crippen molar-refractivity contribution < 1.29 is 18.0 Å². The molecule has 0 aliphatic rings. The lowest BCUT2D eigenvalue weighted by Crippen LogP contribution is -2.11. The van der Waals surface area contributed by atoms with Crippen LogP contribution in [0.15, 0.2) is 28.8 Å². The molecule has 0 fully saturated rings. The van der Waals surface area contributed by atoms with E-state index in [4.69, 9.17) is 9.26 Å². The fraction of sp³-hybridized carbons (Fsp3) is 0.308. The molecule has 1 aromatic heterocycles. The van der Waals surface area contributed by atoms with Gasteiger partial charge in [0.25, 0.3) is 0 Å². The molecule has 1 aromatic carbocycles. The minimum absolute atomic E-state index is 0.000498. The largest absolute Gasteiger partial charge is 0.482 e. The van der Waals surface area contributed by atoms with Crippen LogP contribution in [0.2, 0.25) is 0 Å². The lowest BCUT2D eigenvalue weighted by molar-refractivity contribution is 0.238. The van der Waals surface area contributed by atoms with Crippen molar-refractivity contribution in [1.82, 2.24) is 10.5 Å². The molecule has 2 rings (SSSR count). The molecule has 0 atom stereocenters. The standard InChI is InChI=1S/C13H14F2N2O2/c1-2-16-7-10-6-11(19-17-10)8-18-13-5-9(14)3-4-12(13)15/h3-6,16H,2,7-8H2,1H3. The van der Waals surface area contributed by atoms with Crippen LogP contribution < -0.4 is 10.1 Å². The monoisotopic (exact) mass is 268 g/mol. The highest BCUT2D eigenvalue weighted by Crippen LogP contribution is 2.19. The SMILES string of the molecule is CCNCc1cc(COc2cc(F)ccc2F)on1. The van der Waals surface area contributed by atoms with Gasteiger partial charge in [0.2, 0.25) is 0 Å². The van der Waals surface area contributed by atoms with Gasteiger partial charge in [-0.3, -0.25) is 0 Å². The van der Waals surface area contributed by atoms with Crippen LogP contribution in [0.25, 0.3) is 0 Å². The number of ether oxygens (including phenoxy) is 1. The maximum absolute atomic E-state index is 13.3. The first-order chi connectivity index (χ1) is 9.19. The third-order valence-electron chi connectivity index (χ3n) is 2.43. The Morgan fingerprint density at radius 2 is 2.16 bits per heavy atom. The van der Waals surface area contributed by atoms with E-state index in [1.54, 1.807) is 6.07 Å². The van der Waals surface area contributed by atoms with Gasteiger partial charge in [-0.15, -0.1) is 0 Å². The van der Waals surface area contributed by atoms with Crippen LogP contribution in [0.5, 0.6) is 5.75 Å². The zero-order valence-electron chi connectivity index (χ0n) is 10.5. The normalized spacial score (nSPS) is 10.7. The van der Waals surface area contributed by atoms with Gasteiger partial charge in [0.1, 0.15) is 12.4 Å². The number of rotatable bonds is 6. The summed E-state index contributed by atoms with van der Waals surface area (Å²) in [4.78, 5) is 0. The Bertz CT molecular complexity index is 543. The van der Waals surface area contributed by atoms with E-state index in [1.165, 1.54) is 0 Å². The first-order valence-electron chi connectivity index (χ1n) is 5.92. The maximum Gasteiger partial charge on any atom is 0.174 e. The van der Waals surface area contributed by atoms with Crippen LogP contribution in [0, 0.1) is 11.6 Å². The van der Waals surface area contributed by atoms with E-state index < -0.39 is 11.6 Å². The lowest BCUT2D eigenvalue weighted by atomic mass is 10.3. The van der Waals surface area contributed by atoms with Gasteiger partial charge < -0.3 is 14.6 Å². The van der Waals surface area contributed by atoms with Gasteiger partial charge in [0, 0.05) is 18.7 Å². The van der Waals surface area contributed by atoms with Gasteiger partial charge in [0.15, 0.2) is 17.3 Å². The summed E-state index contributed by atoms with van der Waals surface area (Å²) in [6.07, 6.45) is 0. The average Bonchev–Trinajstić information content (AvgIpc) is 2.85. The third-order valence-corrected chi connectivity index (χ3v) is 2.43. The van der Waals surface area contributed by atoms with Crippen LogP contribution in [-0.2, 0) is 13.2 Å². The molecule has 0 aliphatic carbocycles. The summed E-state index contributed by atoms with van der Waals surface area (Å²) in [6, 6.07) is 4.75. The fourth-order valence-electron chi connectivity index (χ4n) is 1.50. The van der Waals surface area contributed by atoms with E-state index >= 15 is 0 Å². The maximum atomic E-state index is 13.3. The Morgan fingerprint density at radius 3 is 2.95 bits per heavy atom. The first kappa shape index (κ1) is 13.5.